The van der Waals surface area contributed by atoms with E-state index in [4.69, 9.17) is 16.3 Å². The molecule has 0 unspecified atom stereocenters. The first-order valence-electron chi connectivity index (χ1n) is 5.92. The zero-order valence-electron chi connectivity index (χ0n) is 10.4. The maximum absolute atomic E-state index is 13.0. The molecule has 2 aromatic carbocycles. The fourth-order valence-corrected chi connectivity index (χ4v) is 2.67. The normalized spacial score (nSPS) is 10.5. The molecule has 0 aromatic heterocycles. The van der Waals surface area contributed by atoms with Crippen molar-refractivity contribution in [2.24, 2.45) is 0 Å². The molecule has 19 heavy (non-hydrogen) atoms. The summed E-state index contributed by atoms with van der Waals surface area (Å²) in [5.74, 6) is 0.903. The molecule has 0 aliphatic heterocycles. The molecule has 0 saturated carbocycles. The Hall–Kier alpha value is -1.06. The van der Waals surface area contributed by atoms with Crippen molar-refractivity contribution in [3.05, 3.63) is 52.3 Å². The number of rotatable bonds is 4. The van der Waals surface area contributed by atoms with Gasteiger partial charge in [-0.1, -0.05) is 28.1 Å². The lowest BCUT2D eigenvalue weighted by atomic mass is 10.0. The lowest BCUT2D eigenvalue weighted by molar-refractivity contribution is 0.337. The molecule has 1 nitrogen and oxygen atoms in total. The van der Waals surface area contributed by atoms with E-state index in [1.807, 2.05) is 19.1 Å². The van der Waals surface area contributed by atoms with E-state index in [0.717, 1.165) is 26.9 Å². The predicted molar refractivity (Wildman–Crippen MR) is 80.3 cm³/mol. The number of ether oxygens (including phenoxy) is 1. The minimum absolute atomic E-state index is 0.248. The second-order valence-electron chi connectivity index (χ2n) is 4.01. The minimum atomic E-state index is -0.248. The first-order chi connectivity index (χ1) is 9.15. The molecule has 100 valence electrons. The summed E-state index contributed by atoms with van der Waals surface area (Å²) >= 11 is 9.43. The minimum Gasteiger partial charge on any atom is -0.494 e. The van der Waals surface area contributed by atoms with Gasteiger partial charge in [-0.15, -0.1) is 11.6 Å². The average Bonchev–Trinajstić information content (AvgIpc) is 2.41. The van der Waals surface area contributed by atoms with Crippen molar-refractivity contribution < 1.29 is 9.13 Å². The van der Waals surface area contributed by atoms with Gasteiger partial charge in [0.25, 0.3) is 0 Å². The summed E-state index contributed by atoms with van der Waals surface area (Å²) in [6.45, 7) is 2.51. The monoisotopic (exact) mass is 342 g/mol. The van der Waals surface area contributed by atoms with Crippen LogP contribution in [-0.2, 0) is 5.88 Å². The van der Waals surface area contributed by atoms with Crippen LogP contribution in [0.3, 0.4) is 0 Å². The second kappa shape index (κ2) is 6.40. The van der Waals surface area contributed by atoms with Gasteiger partial charge >= 0.3 is 0 Å². The predicted octanol–water partition coefficient (Wildman–Crippen LogP) is 5.39. The van der Waals surface area contributed by atoms with Crippen LogP contribution in [0.5, 0.6) is 5.75 Å². The summed E-state index contributed by atoms with van der Waals surface area (Å²) in [5.41, 5.74) is 2.81. The molecule has 0 radical (unpaired) electrons. The van der Waals surface area contributed by atoms with Crippen molar-refractivity contribution in [3.63, 3.8) is 0 Å². The summed E-state index contributed by atoms with van der Waals surface area (Å²) < 4.78 is 19.5. The Labute approximate surface area is 125 Å². The standard InChI is InChI=1S/C15H13BrClFO/c1-2-19-15-8-13(14(16)7-11(15)9-17)10-3-5-12(18)6-4-10/h3-8H,2,9H2,1H3. The first kappa shape index (κ1) is 14.4. The van der Waals surface area contributed by atoms with E-state index in [1.54, 1.807) is 12.1 Å². The maximum atomic E-state index is 13.0. The molecule has 0 saturated heterocycles. The zero-order valence-corrected chi connectivity index (χ0v) is 12.8. The Morgan fingerprint density at radius 1 is 1.21 bits per heavy atom. The summed E-state index contributed by atoms with van der Waals surface area (Å²) in [6, 6.07) is 10.2. The highest BCUT2D eigenvalue weighted by Gasteiger charge is 2.10. The topological polar surface area (TPSA) is 9.23 Å². The highest BCUT2D eigenvalue weighted by atomic mass is 79.9. The third-order valence-electron chi connectivity index (χ3n) is 2.75. The van der Waals surface area contributed by atoms with Crippen molar-refractivity contribution in [3.8, 4) is 16.9 Å². The Kier molecular flexibility index (Phi) is 4.83. The zero-order chi connectivity index (χ0) is 13.8. The van der Waals surface area contributed by atoms with E-state index in [2.05, 4.69) is 15.9 Å². The van der Waals surface area contributed by atoms with Crippen molar-refractivity contribution in [1.82, 2.24) is 0 Å². The number of halogens is 3. The Bertz CT molecular complexity index is 569. The van der Waals surface area contributed by atoms with Gasteiger partial charge in [-0.2, -0.15) is 0 Å². The third kappa shape index (κ3) is 3.28. The van der Waals surface area contributed by atoms with Gasteiger partial charge in [0.15, 0.2) is 0 Å². The molecule has 0 amide bonds. The maximum Gasteiger partial charge on any atom is 0.124 e. The molecule has 2 rings (SSSR count). The average molecular weight is 344 g/mol. The number of hydrogen-bond acceptors (Lipinski definition) is 1. The van der Waals surface area contributed by atoms with Gasteiger partial charge in [0.05, 0.1) is 12.5 Å². The molecular formula is C15H13BrClFO. The summed E-state index contributed by atoms with van der Waals surface area (Å²) in [4.78, 5) is 0. The molecule has 0 fully saturated rings. The number of benzene rings is 2. The van der Waals surface area contributed by atoms with E-state index >= 15 is 0 Å². The number of hydrogen-bond donors (Lipinski definition) is 0. The van der Waals surface area contributed by atoms with Crippen molar-refractivity contribution in [2.75, 3.05) is 6.61 Å². The summed E-state index contributed by atoms with van der Waals surface area (Å²) in [7, 11) is 0. The van der Waals surface area contributed by atoms with Crippen LogP contribution in [0.4, 0.5) is 4.39 Å². The van der Waals surface area contributed by atoms with Gasteiger partial charge in [-0.05, 0) is 42.3 Å². The van der Waals surface area contributed by atoms with Crippen LogP contribution in [0.1, 0.15) is 12.5 Å². The Morgan fingerprint density at radius 2 is 1.89 bits per heavy atom. The van der Waals surface area contributed by atoms with Gasteiger partial charge in [0, 0.05) is 10.0 Å². The molecule has 2 aromatic rings. The fourth-order valence-electron chi connectivity index (χ4n) is 1.84. The van der Waals surface area contributed by atoms with Gasteiger partial charge in [0.2, 0.25) is 0 Å². The van der Waals surface area contributed by atoms with E-state index in [1.165, 1.54) is 12.1 Å². The molecule has 0 N–H and O–H groups in total. The molecule has 0 bridgehead atoms. The van der Waals surface area contributed by atoms with Crippen LogP contribution >= 0.6 is 27.5 Å². The van der Waals surface area contributed by atoms with Crippen LogP contribution in [0.2, 0.25) is 0 Å². The van der Waals surface area contributed by atoms with Crippen LogP contribution in [0.15, 0.2) is 40.9 Å². The lowest BCUT2D eigenvalue weighted by Crippen LogP contribution is -1.96. The van der Waals surface area contributed by atoms with Crippen LogP contribution < -0.4 is 4.74 Å². The van der Waals surface area contributed by atoms with E-state index in [0.29, 0.717) is 12.5 Å². The molecule has 0 aliphatic carbocycles. The smallest absolute Gasteiger partial charge is 0.124 e. The van der Waals surface area contributed by atoms with Crippen molar-refractivity contribution in [2.45, 2.75) is 12.8 Å². The highest BCUT2D eigenvalue weighted by molar-refractivity contribution is 9.10. The molecule has 0 aliphatic rings. The lowest BCUT2D eigenvalue weighted by Gasteiger charge is -2.13. The Morgan fingerprint density at radius 3 is 2.47 bits per heavy atom. The largest absolute Gasteiger partial charge is 0.494 e. The van der Waals surface area contributed by atoms with E-state index in [9.17, 15) is 4.39 Å². The first-order valence-corrected chi connectivity index (χ1v) is 7.25. The Balaban J connectivity index is 2.50. The molecule has 4 heteroatoms. The van der Waals surface area contributed by atoms with Crippen LogP contribution in [-0.4, -0.2) is 6.61 Å². The third-order valence-corrected chi connectivity index (χ3v) is 3.69. The molecule has 0 heterocycles. The molecule has 0 atom stereocenters. The van der Waals surface area contributed by atoms with E-state index in [-0.39, 0.29) is 5.82 Å². The molecule has 0 spiro atoms. The summed E-state index contributed by atoms with van der Waals surface area (Å²) in [6.07, 6.45) is 0. The molecular weight excluding hydrogens is 331 g/mol. The van der Waals surface area contributed by atoms with Gasteiger partial charge in [-0.25, -0.2) is 4.39 Å². The highest BCUT2D eigenvalue weighted by Crippen LogP contribution is 2.35. The summed E-state index contributed by atoms with van der Waals surface area (Å²) in [5, 5.41) is 0. The second-order valence-corrected chi connectivity index (χ2v) is 5.13. The van der Waals surface area contributed by atoms with Gasteiger partial charge in [0.1, 0.15) is 11.6 Å². The van der Waals surface area contributed by atoms with Crippen molar-refractivity contribution in [1.29, 1.82) is 0 Å². The van der Waals surface area contributed by atoms with Gasteiger partial charge in [-0.3, -0.25) is 0 Å². The van der Waals surface area contributed by atoms with Crippen molar-refractivity contribution >= 4 is 27.5 Å². The van der Waals surface area contributed by atoms with Crippen LogP contribution in [0, 0.1) is 5.82 Å². The quantitative estimate of drug-likeness (QED) is 0.676. The van der Waals surface area contributed by atoms with Crippen LogP contribution in [0.25, 0.3) is 11.1 Å². The fraction of sp³-hybridized carbons (Fsp3) is 0.200. The number of alkyl halides is 1. The SMILES string of the molecule is CCOc1cc(-c2ccc(F)cc2)c(Br)cc1CCl. The van der Waals surface area contributed by atoms with E-state index < -0.39 is 0 Å². The van der Waals surface area contributed by atoms with Gasteiger partial charge < -0.3 is 4.74 Å².